The Hall–Kier alpha value is -1.42. The van der Waals surface area contributed by atoms with Crippen LogP contribution in [-0.4, -0.2) is 9.55 Å². The fourth-order valence-electron chi connectivity index (χ4n) is 2.33. The summed E-state index contributed by atoms with van der Waals surface area (Å²) in [4.78, 5) is 4.61. The van der Waals surface area contributed by atoms with E-state index < -0.39 is 0 Å². The Morgan fingerprint density at radius 1 is 1.39 bits per heavy atom. The van der Waals surface area contributed by atoms with Crippen LogP contribution in [0.3, 0.4) is 0 Å². The van der Waals surface area contributed by atoms with Crippen molar-refractivity contribution in [3.8, 4) is 0 Å². The van der Waals surface area contributed by atoms with Crippen molar-refractivity contribution in [1.82, 2.24) is 9.55 Å². The summed E-state index contributed by atoms with van der Waals surface area (Å²) in [6.45, 7) is 4.17. The Balaban J connectivity index is 2.21. The number of rotatable bonds is 3. The normalized spacial score (nSPS) is 17.6. The van der Waals surface area contributed by atoms with Gasteiger partial charge in [0, 0.05) is 6.04 Å². The van der Waals surface area contributed by atoms with Crippen molar-refractivity contribution < 1.29 is 4.39 Å². The van der Waals surface area contributed by atoms with Crippen molar-refractivity contribution in [3.63, 3.8) is 0 Å². The first kappa shape index (κ1) is 11.7. The third-order valence-corrected chi connectivity index (χ3v) is 3.61. The van der Waals surface area contributed by atoms with E-state index in [-0.39, 0.29) is 11.9 Å². The number of imidazole rings is 1. The first-order valence-electron chi connectivity index (χ1n) is 6.51. The van der Waals surface area contributed by atoms with Gasteiger partial charge in [-0.25, -0.2) is 9.37 Å². The van der Waals surface area contributed by atoms with Crippen LogP contribution in [0, 0.1) is 11.7 Å². The lowest BCUT2D eigenvalue weighted by Gasteiger charge is -2.17. The van der Waals surface area contributed by atoms with Crippen LogP contribution in [0.5, 0.6) is 0 Å². The molecule has 0 radical (unpaired) electrons. The van der Waals surface area contributed by atoms with Crippen LogP contribution in [0.4, 0.5) is 4.39 Å². The fraction of sp³-hybridized carbons (Fsp3) is 0.500. The number of hydrogen-bond donors (Lipinski definition) is 1. The van der Waals surface area contributed by atoms with Gasteiger partial charge in [0.2, 0.25) is 0 Å². The second-order valence-corrected chi connectivity index (χ2v) is 5.47. The van der Waals surface area contributed by atoms with Crippen LogP contribution >= 0.6 is 0 Å². The molecule has 1 saturated carbocycles. The summed E-state index contributed by atoms with van der Waals surface area (Å²) in [5.41, 5.74) is 7.95. The molecular weight excluding hydrogens is 229 g/mol. The van der Waals surface area contributed by atoms with E-state index in [1.165, 1.54) is 6.07 Å². The Kier molecular flexibility index (Phi) is 2.63. The number of aromatic nitrogens is 2. The first-order chi connectivity index (χ1) is 8.58. The van der Waals surface area contributed by atoms with E-state index in [4.69, 9.17) is 5.73 Å². The maximum Gasteiger partial charge on any atom is 0.127 e. The highest BCUT2D eigenvalue weighted by Crippen LogP contribution is 2.40. The third kappa shape index (κ3) is 1.81. The molecule has 1 aromatic heterocycles. The predicted molar refractivity (Wildman–Crippen MR) is 69.7 cm³/mol. The number of fused-ring (bicyclic) bond motifs is 1. The summed E-state index contributed by atoms with van der Waals surface area (Å²) in [6, 6.07) is 5.12. The summed E-state index contributed by atoms with van der Waals surface area (Å²) < 4.78 is 15.5. The smallest absolute Gasteiger partial charge is 0.127 e. The molecule has 0 bridgehead atoms. The highest BCUT2D eigenvalue weighted by atomic mass is 19.1. The highest BCUT2D eigenvalue weighted by Gasteiger charge is 2.30. The van der Waals surface area contributed by atoms with Crippen LogP contribution in [0.25, 0.3) is 11.0 Å². The van der Waals surface area contributed by atoms with Crippen molar-refractivity contribution in [2.75, 3.05) is 0 Å². The molecular formula is C14H18FN3. The van der Waals surface area contributed by atoms with Gasteiger partial charge in [0.25, 0.3) is 0 Å². The fourth-order valence-corrected chi connectivity index (χ4v) is 2.33. The van der Waals surface area contributed by atoms with Crippen molar-refractivity contribution in [3.05, 3.63) is 29.8 Å². The first-order valence-corrected chi connectivity index (χ1v) is 6.51. The van der Waals surface area contributed by atoms with Crippen LogP contribution in [0.15, 0.2) is 18.2 Å². The molecule has 4 heteroatoms. The van der Waals surface area contributed by atoms with Gasteiger partial charge in [-0.2, -0.15) is 0 Å². The molecule has 3 nitrogen and oxygen atoms in total. The van der Waals surface area contributed by atoms with Crippen molar-refractivity contribution in [2.45, 2.75) is 38.8 Å². The standard InChI is InChI=1S/C14H18FN3/c1-8(2)13(16)14-17-11-6-3-9(15)7-12(11)18(14)10-4-5-10/h3,6-8,10,13H,4-5,16H2,1-2H3. The number of halogens is 1. The quantitative estimate of drug-likeness (QED) is 0.905. The largest absolute Gasteiger partial charge is 0.323 e. The Labute approximate surface area is 106 Å². The molecule has 1 aliphatic rings. The predicted octanol–water partition coefficient (Wildman–Crippen LogP) is 3.17. The summed E-state index contributed by atoms with van der Waals surface area (Å²) in [6.07, 6.45) is 2.28. The number of hydrogen-bond acceptors (Lipinski definition) is 2. The lowest BCUT2D eigenvalue weighted by atomic mass is 10.1. The van der Waals surface area contributed by atoms with Gasteiger partial charge in [-0.1, -0.05) is 13.8 Å². The number of benzene rings is 1. The monoisotopic (exact) mass is 247 g/mol. The molecule has 2 aromatic rings. The molecule has 1 atom stereocenters. The molecule has 0 aliphatic heterocycles. The molecule has 1 unspecified atom stereocenters. The van der Waals surface area contributed by atoms with Crippen LogP contribution in [0.1, 0.15) is 44.6 Å². The molecule has 0 amide bonds. The number of nitrogens with zero attached hydrogens (tertiary/aromatic N) is 2. The highest BCUT2D eigenvalue weighted by molar-refractivity contribution is 5.76. The average Bonchev–Trinajstić information content (AvgIpc) is 3.09. The zero-order chi connectivity index (χ0) is 12.9. The zero-order valence-corrected chi connectivity index (χ0v) is 10.7. The Morgan fingerprint density at radius 2 is 2.11 bits per heavy atom. The van der Waals surface area contributed by atoms with Crippen molar-refractivity contribution in [2.24, 2.45) is 11.7 Å². The molecule has 1 fully saturated rings. The molecule has 2 N–H and O–H groups in total. The van der Waals surface area contributed by atoms with Gasteiger partial charge >= 0.3 is 0 Å². The molecule has 0 spiro atoms. The van der Waals surface area contributed by atoms with Gasteiger partial charge in [-0.15, -0.1) is 0 Å². The van der Waals surface area contributed by atoms with E-state index in [2.05, 4.69) is 23.4 Å². The van der Waals surface area contributed by atoms with Gasteiger partial charge in [-0.3, -0.25) is 0 Å². The van der Waals surface area contributed by atoms with Gasteiger partial charge in [0.1, 0.15) is 11.6 Å². The maximum absolute atomic E-state index is 13.4. The van der Waals surface area contributed by atoms with Crippen LogP contribution in [0.2, 0.25) is 0 Å². The molecule has 1 heterocycles. The van der Waals surface area contributed by atoms with Crippen LogP contribution in [-0.2, 0) is 0 Å². The van der Waals surface area contributed by atoms with Crippen molar-refractivity contribution in [1.29, 1.82) is 0 Å². The Morgan fingerprint density at radius 3 is 2.72 bits per heavy atom. The second kappa shape index (κ2) is 4.05. The molecule has 18 heavy (non-hydrogen) atoms. The van der Waals surface area contributed by atoms with E-state index in [9.17, 15) is 4.39 Å². The topological polar surface area (TPSA) is 43.8 Å². The minimum absolute atomic E-state index is 0.0962. The minimum atomic E-state index is -0.214. The second-order valence-electron chi connectivity index (χ2n) is 5.47. The van der Waals surface area contributed by atoms with Gasteiger partial charge in [-0.05, 0) is 37.0 Å². The van der Waals surface area contributed by atoms with Crippen molar-refractivity contribution >= 4 is 11.0 Å². The molecule has 96 valence electrons. The lowest BCUT2D eigenvalue weighted by Crippen LogP contribution is -2.21. The maximum atomic E-state index is 13.4. The molecule has 0 saturated heterocycles. The van der Waals surface area contributed by atoms with Gasteiger partial charge < -0.3 is 10.3 Å². The Bertz CT molecular complexity index is 584. The summed E-state index contributed by atoms with van der Waals surface area (Å²) in [5.74, 6) is 1.01. The average molecular weight is 247 g/mol. The zero-order valence-electron chi connectivity index (χ0n) is 10.7. The minimum Gasteiger partial charge on any atom is -0.323 e. The molecule has 1 aliphatic carbocycles. The summed E-state index contributed by atoms with van der Waals surface area (Å²) in [7, 11) is 0. The van der Waals surface area contributed by atoms with E-state index in [1.807, 2.05) is 0 Å². The van der Waals surface area contributed by atoms with E-state index in [0.29, 0.717) is 12.0 Å². The van der Waals surface area contributed by atoms with Gasteiger partial charge in [0.05, 0.1) is 17.1 Å². The molecule has 3 rings (SSSR count). The SMILES string of the molecule is CC(C)C(N)c1nc2ccc(F)cc2n1C1CC1. The van der Waals surface area contributed by atoms with E-state index >= 15 is 0 Å². The van der Waals surface area contributed by atoms with E-state index in [1.54, 1.807) is 12.1 Å². The van der Waals surface area contributed by atoms with E-state index in [0.717, 1.165) is 29.7 Å². The van der Waals surface area contributed by atoms with Crippen LogP contribution < -0.4 is 5.73 Å². The number of nitrogens with two attached hydrogens (primary N) is 1. The molecule has 1 aromatic carbocycles. The summed E-state index contributed by atoms with van der Waals surface area (Å²) >= 11 is 0. The lowest BCUT2D eigenvalue weighted by molar-refractivity contribution is 0.470. The third-order valence-electron chi connectivity index (χ3n) is 3.61. The summed E-state index contributed by atoms with van der Waals surface area (Å²) in [5, 5.41) is 0. The van der Waals surface area contributed by atoms with Gasteiger partial charge in [0.15, 0.2) is 0 Å².